The summed E-state index contributed by atoms with van der Waals surface area (Å²) in [4.78, 5) is 33.5. The number of ether oxygens (including phenoxy) is 1. The Balaban J connectivity index is 1.87. The van der Waals surface area contributed by atoms with E-state index < -0.39 is 16.5 Å². The van der Waals surface area contributed by atoms with Crippen molar-refractivity contribution in [2.75, 3.05) is 0 Å². The van der Waals surface area contributed by atoms with Crippen molar-refractivity contribution in [1.29, 1.82) is 0 Å². The van der Waals surface area contributed by atoms with Crippen LogP contribution in [0.5, 0.6) is 5.75 Å². The van der Waals surface area contributed by atoms with Gasteiger partial charge in [0.1, 0.15) is 11.3 Å². The maximum Gasteiger partial charge on any atom is 0.343 e. The number of benzene rings is 2. The van der Waals surface area contributed by atoms with E-state index in [1.807, 2.05) is 0 Å². The molecule has 120 valence electrons. The van der Waals surface area contributed by atoms with Crippen LogP contribution in [0, 0.1) is 17.0 Å². The Morgan fingerprint density at radius 3 is 2.50 bits per heavy atom. The molecule has 0 fully saturated rings. The zero-order valence-corrected chi connectivity index (χ0v) is 12.5. The topological polar surface area (TPSA) is 99.7 Å². The molecule has 1 heterocycles. The largest absolute Gasteiger partial charge is 0.423 e. The van der Waals surface area contributed by atoms with Crippen LogP contribution >= 0.6 is 0 Å². The van der Waals surface area contributed by atoms with E-state index >= 15 is 0 Å². The van der Waals surface area contributed by atoms with Gasteiger partial charge in [0.05, 0.1) is 10.5 Å². The number of rotatable bonds is 3. The number of aryl methyl sites for hydroxylation is 1. The number of hydrogen-bond donors (Lipinski definition) is 0. The molecule has 7 nitrogen and oxygen atoms in total. The second-order valence-electron chi connectivity index (χ2n) is 5.10. The van der Waals surface area contributed by atoms with Gasteiger partial charge in [-0.3, -0.25) is 10.1 Å². The van der Waals surface area contributed by atoms with E-state index in [0.29, 0.717) is 16.5 Å². The molecule has 24 heavy (non-hydrogen) atoms. The van der Waals surface area contributed by atoms with Crippen LogP contribution in [0.1, 0.15) is 15.9 Å². The van der Waals surface area contributed by atoms with Crippen molar-refractivity contribution in [3.63, 3.8) is 0 Å². The Labute approximate surface area is 135 Å². The van der Waals surface area contributed by atoms with Crippen LogP contribution in [0.3, 0.4) is 0 Å². The number of carbonyl (C=O) groups is 1. The molecule has 0 aliphatic rings. The summed E-state index contributed by atoms with van der Waals surface area (Å²) in [6, 6.07) is 11.1. The van der Waals surface area contributed by atoms with Crippen LogP contribution < -0.4 is 10.4 Å². The Hall–Kier alpha value is -3.48. The molecule has 2 aromatic carbocycles. The van der Waals surface area contributed by atoms with E-state index in [1.54, 1.807) is 19.1 Å². The lowest BCUT2D eigenvalue weighted by Gasteiger charge is -2.06. The lowest BCUT2D eigenvalue weighted by atomic mass is 10.1. The molecule has 3 rings (SSSR count). The van der Waals surface area contributed by atoms with Crippen molar-refractivity contribution in [2.24, 2.45) is 0 Å². The van der Waals surface area contributed by atoms with Gasteiger partial charge in [0.25, 0.3) is 5.69 Å². The quantitative estimate of drug-likeness (QED) is 0.241. The molecule has 0 N–H and O–H groups in total. The number of carbonyl (C=O) groups excluding carboxylic acids is 1. The number of non-ortho nitro benzene ring substituents is 1. The van der Waals surface area contributed by atoms with Crippen molar-refractivity contribution in [2.45, 2.75) is 6.92 Å². The summed E-state index contributed by atoms with van der Waals surface area (Å²) in [6.07, 6.45) is 0. The average Bonchev–Trinajstić information content (AvgIpc) is 2.55. The summed E-state index contributed by atoms with van der Waals surface area (Å²) in [5.74, 6) is -0.359. The predicted molar refractivity (Wildman–Crippen MR) is 85.3 cm³/mol. The maximum absolute atomic E-state index is 12.1. The van der Waals surface area contributed by atoms with E-state index in [2.05, 4.69) is 0 Å². The van der Waals surface area contributed by atoms with Gasteiger partial charge in [-0.2, -0.15) is 0 Å². The Bertz CT molecular complexity index is 1000. The normalized spacial score (nSPS) is 10.5. The second-order valence-corrected chi connectivity index (χ2v) is 5.10. The van der Waals surface area contributed by atoms with Crippen LogP contribution in [0.15, 0.2) is 57.7 Å². The van der Waals surface area contributed by atoms with Crippen molar-refractivity contribution in [1.82, 2.24) is 0 Å². The molecular weight excluding hydrogens is 314 g/mol. The number of nitro groups is 1. The SMILES string of the molecule is Cc1cc(=O)oc2ccc(OC(=O)c3ccc([N+](=O)[O-])cc3)cc12. The monoisotopic (exact) mass is 325 g/mol. The van der Waals surface area contributed by atoms with Crippen LogP contribution in [-0.4, -0.2) is 10.9 Å². The molecule has 0 unspecified atom stereocenters. The van der Waals surface area contributed by atoms with Crippen LogP contribution in [0.4, 0.5) is 5.69 Å². The van der Waals surface area contributed by atoms with Gasteiger partial charge < -0.3 is 9.15 Å². The first-order chi connectivity index (χ1) is 11.4. The van der Waals surface area contributed by atoms with Gasteiger partial charge in [-0.25, -0.2) is 9.59 Å². The van der Waals surface area contributed by atoms with Crippen molar-refractivity contribution >= 4 is 22.6 Å². The molecule has 0 atom stereocenters. The summed E-state index contributed by atoms with van der Waals surface area (Å²) in [7, 11) is 0. The minimum absolute atomic E-state index is 0.108. The number of nitrogens with zero attached hydrogens (tertiary/aromatic N) is 1. The van der Waals surface area contributed by atoms with Crippen molar-refractivity contribution < 1.29 is 18.9 Å². The third-order valence-corrected chi connectivity index (χ3v) is 3.45. The lowest BCUT2D eigenvalue weighted by Crippen LogP contribution is -2.08. The molecule has 7 heteroatoms. The zero-order chi connectivity index (χ0) is 17.3. The van der Waals surface area contributed by atoms with E-state index in [4.69, 9.17) is 9.15 Å². The fourth-order valence-electron chi connectivity index (χ4n) is 2.25. The fraction of sp³-hybridized carbons (Fsp3) is 0.0588. The minimum atomic E-state index is -0.640. The van der Waals surface area contributed by atoms with Crippen LogP contribution in [0.25, 0.3) is 11.0 Å². The predicted octanol–water partition coefficient (Wildman–Crippen LogP) is 3.23. The first-order valence-corrected chi connectivity index (χ1v) is 6.95. The minimum Gasteiger partial charge on any atom is -0.423 e. The smallest absolute Gasteiger partial charge is 0.343 e. The van der Waals surface area contributed by atoms with Gasteiger partial charge in [0.2, 0.25) is 0 Å². The van der Waals surface area contributed by atoms with E-state index in [9.17, 15) is 19.7 Å². The maximum atomic E-state index is 12.1. The average molecular weight is 325 g/mol. The van der Waals surface area contributed by atoms with Gasteiger partial charge in [0, 0.05) is 23.6 Å². The van der Waals surface area contributed by atoms with Gasteiger partial charge in [0.15, 0.2) is 0 Å². The summed E-state index contributed by atoms with van der Waals surface area (Å²) in [5, 5.41) is 11.3. The van der Waals surface area contributed by atoms with E-state index in [0.717, 1.165) is 0 Å². The third kappa shape index (κ3) is 3.00. The molecule has 0 saturated heterocycles. The standard InChI is InChI=1S/C17H11NO6/c1-10-8-16(19)24-15-7-6-13(9-14(10)15)23-17(20)11-2-4-12(5-3-11)18(21)22/h2-9H,1H3. The molecule has 0 radical (unpaired) electrons. The van der Waals surface area contributed by atoms with E-state index in [1.165, 1.54) is 36.4 Å². The molecular formula is C17H11NO6. The third-order valence-electron chi connectivity index (χ3n) is 3.45. The molecule has 0 aliphatic carbocycles. The summed E-state index contributed by atoms with van der Waals surface area (Å²) >= 11 is 0. The van der Waals surface area contributed by atoms with Crippen LogP contribution in [0.2, 0.25) is 0 Å². The van der Waals surface area contributed by atoms with Gasteiger partial charge >= 0.3 is 11.6 Å². The highest BCUT2D eigenvalue weighted by atomic mass is 16.6. The summed E-state index contributed by atoms with van der Waals surface area (Å²) in [6.45, 7) is 1.75. The van der Waals surface area contributed by atoms with Gasteiger partial charge in [-0.1, -0.05) is 0 Å². The van der Waals surface area contributed by atoms with Crippen molar-refractivity contribution in [3.05, 3.63) is 80.2 Å². The Morgan fingerprint density at radius 1 is 1.12 bits per heavy atom. The first kappa shape index (κ1) is 15.4. The highest BCUT2D eigenvalue weighted by molar-refractivity contribution is 5.92. The second kappa shape index (κ2) is 5.96. The van der Waals surface area contributed by atoms with Crippen molar-refractivity contribution in [3.8, 4) is 5.75 Å². The molecule has 0 saturated carbocycles. The van der Waals surface area contributed by atoms with E-state index in [-0.39, 0.29) is 17.0 Å². The molecule has 1 aromatic heterocycles. The summed E-state index contributed by atoms with van der Waals surface area (Å²) in [5.41, 5.74) is 0.736. The Morgan fingerprint density at radius 2 is 1.83 bits per heavy atom. The highest BCUT2D eigenvalue weighted by Crippen LogP contribution is 2.23. The number of esters is 1. The summed E-state index contributed by atoms with van der Waals surface area (Å²) < 4.78 is 10.3. The molecule has 0 aliphatic heterocycles. The highest BCUT2D eigenvalue weighted by Gasteiger charge is 2.12. The van der Waals surface area contributed by atoms with Gasteiger partial charge in [-0.05, 0) is 42.8 Å². The lowest BCUT2D eigenvalue weighted by molar-refractivity contribution is -0.384. The Kier molecular flexibility index (Phi) is 3.83. The molecule has 0 amide bonds. The zero-order valence-electron chi connectivity index (χ0n) is 12.5. The first-order valence-electron chi connectivity index (χ1n) is 6.95. The van der Waals surface area contributed by atoms with Crippen LogP contribution in [-0.2, 0) is 0 Å². The molecule has 3 aromatic rings. The number of nitro benzene ring substituents is 1. The number of hydrogen-bond acceptors (Lipinski definition) is 6. The van der Waals surface area contributed by atoms with Gasteiger partial charge in [-0.15, -0.1) is 0 Å². The fourth-order valence-corrected chi connectivity index (χ4v) is 2.25. The molecule has 0 spiro atoms. The molecule has 0 bridgehead atoms. The number of fused-ring (bicyclic) bond motifs is 1.